The summed E-state index contributed by atoms with van der Waals surface area (Å²) in [6.45, 7) is 2.41. The van der Waals surface area contributed by atoms with E-state index < -0.39 is 33.9 Å². The van der Waals surface area contributed by atoms with Crippen molar-refractivity contribution in [3.63, 3.8) is 0 Å². The minimum atomic E-state index is -3.66. The van der Waals surface area contributed by atoms with Crippen LogP contribution in [0.5, 0.6) is 0 Å². The van der Waals surface area contributed by atoms with E-state index in [1.165, 1.54) is 12.1 Å². The number of hydrogen-bond donors (Lipinski definition) is 0. The van der Waals surface area contributed by atoms with Gasteiger partial charge in [-0.25, -0.2) is 12.7 Å². The fourth-order valence-corrected chi connectivity index (χ4v) is 5.30. The first-order valence-corrected chi connectivity index (χ1v) is 10.6. The monoisotopic (exact) mass is 381 g/mol. The molecular weight excluding hydrogens is 358 g/mol. The number of likely N-dealkylation sites (tertiary alicyclic amines) is 1. The molecule has 0 saturated carbocycles. The van der Waals surface area contributed by atoms with E-state index >= 15 is 0 Å². The van der Waals surface area contributed by atoms with Gasteiger partial charge in [0, 0.05) is 31.1 Å². The van der Waals surface area contributed by atoms with Crippen molar-refractivity contribution >= 4 is 21.8 Å². The molecule has 1 aromatic heterocycles. The van der Waals surface area contributed by atoms with Crippen molar-refractivity contribution in [1.82, 2.24) is 13.8 Å². The van der Waals surface area contributed by atoms with Gasteiger partial charge in [0.2, 0.25) is 21.8 Å². The number of rotatable bonds is 5. The Morgan fingerprint density at radius 3 is 2.46 bits per heavy atom. The predicted octanol–water partition coefficient (Wildman–Crippen LogP) is 0.0359. The molecule has 26 heavy (non-hydrogen) atoms. The van der Waals surface area contributed by atoms with Crippen LogP contribution in [0.4, 0.5) is 0 Å². The van der Waals surface area contributed by atoms with Crippen molar-refractivity contribution in [2.45, 2.75) is 44.8 Å². The number of carbonyl (C=O) groups excluding carboxylic acids is 2. The van der Waals surface area contributed by atoms with E-state index in [0.717, 1.165) is 17.0 Å². The van der Waals surface area contributed by atoms with Crippen molar-refractivity contribution in [1.29, 1.82) is 0 Å². The fraction of sp³-hybridized carbons (Fsp3) is 0.588. The molecule has 0 bridgehead atoms. The van der Waals surface area contributed by atoms with Crippen LogP contribution in [-0.4, -0.2) is 58.9 Å². The number of fused-ring (bicyclic) bond motifs is 1. The summed E-state index contributed by atoms with van der Waals surface area (Å²) in [6, 6.07) is 1.87. The molecule has 8 nitrogen and oxygen atoms in total. The van der Waals surface area contributed by atoms with Gasteiger partial charge in [-0.15, -0.1) is 0 Å². The normalized spacial score (nSPS) is 25.6. The highest BCUT2D eigenvalue weighted by atomic mass is 32.2. The maximum absolute atomic E-state index is 12.8. The van der Waals surface area contributed by atoms with E-state index in [9.17, 15) is 22.8 Å². The van der Waals surface area contributed by atoms with Crippen molar-refractivity contribution < 1.29 is 18.0 Å². The molecule has 0 spiro atoms. The summed E-state index contributed by atoms with van der Waals surface area (Å²) in [5.41, 5.74) is -0.136. The van der Waals surface area contributed by atoms with Crippen LogP contribution in [0.1, 0.15) is 26.2 Å². The Balaban J connectivity index is 1.85. The van der Waals surface area contributed by atoms with E-state index in [2.05, 4.69) is 0 Å². The molecular formula is C17H23N3O5S. The van der Waals surface area contributed by atoms with Crippen LogP contribution < -0.4 is 5.43 Å². The second kappa shape index (κ2) is 6.86. The highest BCUT2D eigenvalue weighted by Gasteiger charge is 2.57. The first kappa shape index (κ1) is 18.6. The third-order valence-electron chi connectivity index (χ3n) is 5.12. The largest absolute Gasteiger partial charge is 0.345 e. The summed E-state index contributed by atoms with van der Waals surface area (Å²) in [5, 5.41) is 0. The standard InChI is InChI=1S/C17H23N3O5S/c1-3-4-13-16-14(20(17(13)23)26(2,24)25)7-10-19(16)15(22)11-18-8-5-12(21)6-9-18/h5-6,8-9,13-14,16H,3-4,7,10-11H2,1-2H3/t13-,14+,16-/m1/s1. The third kappa shape index (κ3) is 3.27. The molecule has 2 fully saturated rings. The second-order valence-corrected chi connectivity index (χ2v) is 8.79. The first-order chi connectivity index (χ1) is 12.2. The van der Waals surface area contributed by atoms with Gasteiger partial charge in [-0.2, -0.15) is 0 Å². The summed E-state index contributed by atoms with van der Waals surface area (Å²) < 4.78 is 26.8. The number of pyridine rings is 1. The van der Waals surface area contributed by atoms with E-state index in [1.54, 1.807) is 21.9 Å². The minimum absolute atomic E-state index is 0.0510. The Morgan fingerprint density at radius 1 is 1.23 bits per heavy atom. The molecule has 0 unspecified atom stereocenters. The van der Waals surface area contributed by atoms with Crippen LogP contribution in [0, 0.1) is 5.92 Å². The van der Waals surface area contributed by atoms with Gasteiger partial charge in [-0.05, 0) is 12.8 Å². The van der Waals surface area contributed by atoms with Gasteiger partial charge in [0.15, 0.2) is 5.43 Å². The zero-order valence-corrected chi connectivity index (χ0v) is 15.7. The zero-order chi connectivity index (χ0) is 19.1. The van der Waals surface area contributed by atoms with Crippen molar-refractivity contribution in [2.24, 2.45) is 5.92 Å². The maximum Gasteiger partial charge on any atom is 0.242 e. The molecule has 9 heteroatoms. The molecule has 1 aromatic rings. The van der Waals surface area contributed by atoms with Gasteiger partial charge in [0.05, 0.1) is 24.3 Å². The van der Waals surface area contributed by atoms with Crippen LogP contribution >= 0.6 is 0 Å². The molecule has 0 radical (unpaired) electrons. The number of aromatic nitrogens is 1. The van der Waals surface area contributed by atoms with Crippen LogP contribution in [0.15, 0.2) is 29.3 Å². The third-order valence-corrected chi connectivity index (χ3v) is 6.29. The SMILES string of the molecule is CCC[C@H]1C(=O)N(S(C)(=O)=O)[C@H]2CCN(C(=O)Cn3ccc(=O)cc3)[C@H]12. The van der Waals surface area contributed by atoms with Crippen LogP contribution in [0.3, 0.4) is 0 Å². The van der Waals surface area contributed by atoms with Gasteiger partial charge in [0.1, 0.15) is 6.54 Å². The number of nitrogens with zero attached hydrogens (tertiary/aromatic N) is 3. The zero-order valence-electron chi connectivity index (χ0n) is 14.9. The summed E-state index contributed by atoms with van der Waals surface area (Å²) in [5.74, 6) is -1.06. The lowest BCUT2D eigenvalue weighted by molar-refractivity contribution is -0.134. The molecule has 0 aliphatic carbocycles. The Bertz CT molecular complexity index is 858. The predicted molar refractivity (Wildman–Crippen MR) is 94.7 cm³/mol. The average molecular weight is 381 g/mol. The summed E-state index contributed by atoms with van der Waals surface area (Å²) in [6.07, 6.45) is 5.87. The summed E-state index contributed by atoms with van der Waals surface area (Å²) in [4.78, 5) is 38.3. The highest BCUT2D eigenvalue weighted by Crippen LogP contribution is 2.40. The number of sulfonamides is 1. The van der Waals surface area contributed by atoms with Crippen molar-refractivity contribution in [3.05, 3.63) is 34.7 Å². The first-order valence-electron chi connectivity index (χ1n) is 8.73. The second-order valence-electron chi connectivity index (χ2n) is 6.93. The van der Waals surface area contributed by atoms with Gasteiger partial charge < -0.3 is 9.47 Å². The van der Waals surface area contributed by atoms with E-state index in [-0.39, 0.29) is 17.9 Å². The van der Waals surface area contributed by atoms with Crippen LogP contribution in [0.25, 0.3) is 0 Å². The highest BCUT2D eigenvalue weighted by molar-refractivity contribution is 7.88. The molecule has 2 aliphatic heterocycles. The number of amides is 2. The summed E-state index contributed by atoms with van der Waals surface area (Å²) >= 11 is 0. The van der Waals surface area contributed by atoms with Gasteiger partial charge in [-0.1, -0.05) is 13.3 Å². The minimum Gasteiger partial charge on any atom is -0.345 e. The lowest BCUT2D eigenvalue weighted by atomic mass is 9.94. The molecule has 3 rings (SSSR count). The Kier molecular flexibility index (Phi) is 4.92. The number of hydrogen-bond acceptors (Lipinski definition) is 5. The molecule has 3 heterocycles. The van der Waals surface area contributed by atoms with E-state index in [0.29, 0.717) is 19.4 Å². The topological polar surface area (TPSA) is 96.8 Å². The Labute approximate surface area is 152 Å². The molecule has 0 N–H and O–H groups in total. The molecule has 2 aliphatic rings. The van der Waals surface area contributed by atoms with Crippen molar-refractivity contribution in [3.8, 4) is 0 Å². The smallest absolute Gasteiger partial charge is 0.242 e. The van der Waals surface area contributed by atoms with E-state index in [4.69, 9.17) is 0 Å². The average Bonchev–Trinajstić information content (AvgIpc) is 3.08. The lowest BCUT2D eigenvalue weighted by Crippen LogP contribution is -2.44. The molecule has 3 atom stereocenters. The van der Waals surface area contributed by atoms with Gasteiger partial charge >= 0.3 is 0 Å². The summed E-state index contributed by atoms with van der Waals surface area (Å²) in [7, 11) is -3.66. The molecule has 0 aromatic carbocycles. The lowest BCUT2D eigenvalue weighted by Gasteiger charge is -2.27. The Morgan fingerprint density at radius 2 is 1.88 bits per heavy atom. The van der Waals surface area contributed by atoms with Gasteiger partial charge in [-0.3, -0.25) is 14.4 Å². The van der Waals surface area contributed by atoms with Crippen LogP contribution in [-0.2, 0) is 26.2 Å². The Hall–Kier alpha value is -2.16. The maximum atomic E-state index is 12.8. The molecule has 2 amide bonds. The quantitative estimate of drug-likeness (QED) is 0.717. The van der Waals surface area contributed by atoms with Crippen molar-refractivity contribution in [2.75, 3.05) is 12.8 Å². The molecule has 2 saturated heterocycles. The van der Waals surface area contributed by atoms with Crippen LogP contribution in [0.2, 0.25) is 0 Å². The fourth-order valence-electron chi connectivity index (χ4n) is 4.11. The van der Waals surface area contributed by atoms with Gasteiger partial charge in [0.25, 0.3) is 0 Å². The molecule has 142 valence electrons. The van der Waals surface area contributed by atoms with E-state index in [1.807, 2.05) is 6.92 Å². The number of carbonyl (C=O) groups is 2.